The maximum absolute atomic E-state index is 11.4. The third kappa shape index (κ3) is 1.50. The molecule has 0 atom stereocenters. The van der Waals surface area contributed by atoms with Crippen molar-refractivity contribution in [3.8, 4) is 0 Å². The zero-order valence-corrected chi connectivity index (χ0v) is 7.79. The second-order valence-corrected chi connectivity index (χ2v) is 3.97. The van der Waals surface area contributed by atoms with Crippen LogP contribution in [0.5, 0.6) is 0 Å². The molecule has 0 aromatic rings. The largest absolute Gasteiger partial charge is 0.441 e. The molecule has 2 aliphatic rings. The van der Waals surface area contributed by atoms with Crippen molar-refractivity contribution >= 4 is 6.09 Å². The molecule has 74 valence electrons. The predicted molar refractivity (Wildman–Crippen MR) is 48.3 cm³/mol. The summed E-state index contributed by atoms with van der Waals surface area (Å²) in [5.41, 5.74) is 5.28. The van der Waals surface area contributed by atoms with E-state index in [2.05, 4.69) is 0 Å². The molecule has 2 fully saturated rings. The fraction of sp³-hybridized carbons (Fsp3) is 0.889. The molecule has 0 radical (unpaired) electrons. The van der Waals surface area contributed by atoms with Crippen LogP contribution in [0.2, 0.25) is 0 Å². The summed E-state index contributed by atoms with van der Waals surface area (Å²) in [5, 5.41) is 0. The SMILES string of the molecule is NCCCN1CC2(CCC2)OC1=O. The quantitative estimate of drug-likeness (QED) is 0.702. The van der Waals surface area contributed by atoms with Gasteiger partial charge in [0.1, 0.15) is 5.60 Å². The molecule has 0 bridgehead atoms. The lowest BCUT2D eigenvalue weighted by Gasteiger charge is -2.35. The van der Waals surface area contributed by atoms with Crippen molar-refractivity contribution in [3.05, 3.63) is 0 Å². The summed E-state index contributed by atoms with van der Waals surface area (Å²) in [6, 6.07) is 0. The highest BCUT2D eigenvalue weighted by atomic mass is 16.6. The lowest BCUT2D eigenvalue weighted by atomic mass is 9.80. The van der Waals surface area contributed by atoms with Crippen LogP contribution in [0.15, 0.2) is 0 Å². The standard InChI is InChI=1S/C9H16N2O2/c10-5-2-6-11-7-9(3-1-4-9)13-8(11)12/h1-7,10H2. The molecule has 1 saturated carbocycles. The van der Waals surface area contributed by atoms with Gasteiger partial charge in [0.2, 0.25) is 0 Å². The van der Waals surface area contributed by atoms with Crippen LogP contribution < -0.4 is 5.73 Å². The van der Waals surface area contributed by atoms with Gasteiger partial charge in [0, 0.05) is 6.54 Å². The van der Waals surface area contributed by atoms with Crippen molar-refractivity contribution in [2.24, 2.45) is 5.73 Å². The zero-order chi connectivity index (χ0) is 9.31. The molecule has 1 saturated heterocycles. The highest BCUT2D eigenvalue weighted by Crippen LogP contribution is 2.40. The maximum Gasteiger partial charge on any atom is 0.410 e. The average molecular weight is 184 g/mol. The van der Waals surface area contributed by atoms with Crippen molar-refractivity contribution in [3.63, 3.8) is 0 Å². The summed E-state index contributed by atoms with van der Waals surface area (Å²) < 4.78 is 5.34. The normalized spacial score (nSPS) is 24.7. The summed E-state index contributed by atoms with van der Waals surface area (Å²) in [6.45, 7) is 2.17. The molecule has 2 rings (SSSR count). The predicted octanol–water partition coefficient (Wildman–Crippen LogP) is 0.710. The first-order chi connectivity index (χ1) is 6.26. The third-order valence-corrected chi connectivity index (χ3v) is 2.94. The van der Waals surface area contributed by atoms with Crippen LogP contribution in [0.4, 0.5) is 4.79 Å². The molecule has 4 heteroatoms. The Morgan fingerprint density at radius 1 is 1.54 bits per heavy atom. The molecule has 1 spiro atoms. The molecule has 0 aromatic carbocycles. The second kappa shape index (κ2) is 3.18. The van der Waals surface area contributed by atoms with Gasteiger partial charge in [-0.3, -0.25) is 0 Å². The van der Waals surface area contributed by atoms with E-state index >= 15 is 0 Å². The second-order valence-electron chi connectivity index (χ2n) is 3.97. The number of rotatable bonds is 3. The van der Waals surface area contributed by atoms with Gasteiger partial charge in [-0.2, -0.15) is 0 Å². The van der Waals surface area contributed by atoms with E-state index in [0.29, 0.717) is 6.54 Å². The smallest absolute Gasteiger partial charge is 0.410 e. The monoisotopic (exact) mass is 184 g/mol. The molecule has 0 aromatic heterocycles. The van der Waals surface area contributed by atoms with E-state index in [0.717, 1.165) is 32.4 Å². The topological polar surface area (TPSA) is 55.6 Å². The molecule has 0 unspecified atom stereocenters. The highest BCUT2D eigenvalue weighted by Gasteiger charge is 2.48. The van der Waals surface area contributed by atoms with Crippen LogP contribution in [-0.4, -0.2) is 36.2 Å². The summed E-state index contributed by atoms with van der Waals surface area (Å²) in [7, 11) is 0. The number of carbonyl (C=O) groups is 1. The van der Waals surface area contributed by atoms with Crippen LogP contribution >= 0.6 is 0 Å². The lowest BCUT2D eigenvalue weighted by Crippen LogP contribution is -2.41. The fourth-order valence-corrected chi connectivity index (χ4v) is 1.98. The first-order valence-corrected chi connectivity index (χ1v) is 4.94. The Bertz CT molecular complexity index is 214. The first kappa shape index (κ1) is 8.81. The number of nitrogens with two attached hydrogens (primary N) is 1. The van der Waals surface area contributed by atoms with Gasteiger partial charge in [0.25, 0.3) is 0 Å². The van der Waals surface area contributed by atoms with E-state index < -0.39 is 0 Å². The molecular formula is C9H16N2O2. The average Bonchev–Trinajstić information content (AvgIpc) is 2.39. The number of nitrogens with zero attached hydrogens (tertiary/aromatic N) is 1. The minimum Gasteiger partial charge on any atom is -0.441 e. The Hall–Kier alpha value is -0.770. The maximum atomic E-state index is 11.4. The van der Waals surface area contributed by atoms with Gasteiger partial charge in [-0.15, -0.1) is 0 Å². The van der Waals surface area contributed by atoms with Gasteiger partial charge in [-0.05, 0) is 32.2 Å². The lowest BCUT2D eigenvalue weighted by molar-refractivity contribution is -0.00688. The van der Waals surface area contributed by atoms with E-state index in [1.54, 1.807) is 4.90 Å². The fourth-order valence-electron chi connectivity index (χ4n) is 1.98. The number of amides is 1. The van der Waals surface area contributed by atoms with E-state index in [9.17, 15) is 4.79 Å². The van der Waals surface area contributed by atoms with Crippen LogP contribution in [0, 0.1) is 0 Å². The summed E-state index contributed by atoms with van der Waals surface area (Å²) in [5.74, 6) is 0. The van der Waals surface area contributed by atoms with Crippen molar-refractivity contribution in [2.45, 2.75) is 31.3 Å². The van der Waals surface area contributed by atoms with Gasteiger partial charge >= 0.3 is 6.09 Å². The summed E-state index contributed by atoms with van der Waals surface area (Å²) in [4.78, 5) is 13.1. The van der Waals surface area contributed by atoms with Crippen molar-refractivity contribution in [1.82, 2.24) is 4.90 Å². The summed E-state index contributed by atoms with van der Waals surface area (Å²) in [6.07, 6.45) is 3.99. The summed E-state index contributed by atoms with van der Waals surface area (Å²) >= 11 is 0. The Balaban J connectivity index is 1.88. The Labute approximate surface area is 78.0 Å². The molecule has 4 nitrogen and oxygen atoms in total. The van der Waals surface area contributed by atoms with Gasteiger partial charge < -0.3 is 15.4 Å². The molecular weight excluding hydrogens is 168 g/mol. The van der Waals surface area contributed by atoms with Crippen molar-refractivity contribution < 1.29 is 9.53 Å². The van der Waals surface area contributed by atoms with Crippen molar-refractivity contribution in [2.75, 3.05) is 19.6 Å². The Morgan fingerprint density at radius 3 is 2.77 bits per heavy atom. The van der Waals surface area contributed by atoms with Crippen LogP contribution in [-0.2, 0) is 4.74 Å². The Kier molecular flexibility index (Phi) is 2.15. The number of ether oxygens (including phenoxy) is 1. The van der Waals surface area contributed by atoms with E-state index in [1.165, 1.54) is 6.42 Å². The third-order valence-electron chi connectivity index (χ3n) is 2.94. The molecule has 2 N–H and O–H groups in total. The van der Waals surface area contributed by atoms with Gasteiger partial charge in [-0.25, -0.2) is 4.79 Å². The van der Waals surface area contributed by atoms with E-state index in [-0.39, 0.29) is 11.7 Å². The van der Waals surface area contributed by atoms with Gasteiger partial charge in [0.15, 0.2) is 0 Å². The van der Waals surface area contributed by atoms with Crippen LogP contribution in [0.3, 0.4) is 0 Å². The number of carbonyl (C=O) groups excluding carboxylic acids is 1. The van der Waals surface area contributed by atoms with Gasteiger partial charge in [0.05, 0.1) is 6.54 Å². The zero-order valence-electron chi connectivity index (χ0n) is 7.79. The molecule has 1 amide bonds. The molecule has 1 aliphatic heterocycles. The van der Waals surface area contributed by atoms with E-state index in [4.69, 9.17) is 10.5 Å². The van der Waals surface area contributed by atoms with E-state index in [1.807, 2.05) is 0 Å². The minimum absolute atomic E-state index is 0.105. The van der Waals surface area contributed by atoms with Crippen LogP contribution in [0.1, 0.15) is 25.7 Å². The highest BCUT2D eigenvalue weighted by molar-refractivity contribution is 5.70. The van der Waals surface area contributed by atoms with Crippen LogP contribution in [0.25, 0.3) is 0 Å². The first-order valence-electron chi connectivity index (χ1n) is 4.94. The van der Waals surface area contributed by atoms with Gasteiger partial charge in [-0.1, -0.05) is 0 Å². The molecule has 1 aliphatic carbocycles. The Morgan fingerprint density at radius 2 is 2.31 bits per heavy atom. The molecule has 1 heterocycles. The van der Waals surface area contributed by atoms with Crippen molar-refractivity contribution in [1.29, 1.82) is 0 Å². The number of hydrogen-bond donors (Lipinski definition) is 1. The minimum atomic E-state index is -0.145. The molecule has 13 heavy (non-hydrogen) atoms. The number of hydrogen-bond acceptors (Lipinski definition) is 3.